The summed E-state index contributed by atoms with van der Waals surface area (Å²) >= 11 is 0. The summed E-state index contributed by atoms with van der Waals surface area (Å²) in [6.07, 6.45) is 1.76. The molecule has 130 valence electrons. The zero-order valence-corrected chi connectivity index (χ0v) is 13.6. The first-order valence-corrected chi connectivity index (χ1v) is 8.08. The Morgan fingerprint density at radius 3 is 2.88 bits per heavy atom. The molecule has 0 aromatic heterocycles. The summed E-state index contributed by atoms with van der Waals surface area (Å²) in [6.45, 7) is 0.627. The molecule has 0 saturated carbocycles. The number of anilines is 1. The third kappa shape index (κ3) is 3.88. The van der Waals surface area contributed by atoms with Crippen LogP contribution in [0.15, 0.2) is 42.5 Å². The van der Waals surface area contributed by atoms with Crippen LogP contribution in [-0.4, -0.2) is 17.4 Å². The molecule has 3 N–H and O–H groups in total. The second kappa shape index (κ2) is 7.21. The second-order valence-electron chi connectivity index (χ2n) is 5.98. The Morgan fingerprint density at radius 1 is 1.32 bits per heavy atom. The zero-order valence-electron chi connectivity index (χ0n) is 13.6. The number of para-hydroxylation sites is 1. The highest BCUT2D eigenvalue weighted by molar-refractivity contribution is 5.80. The van der Waals surface area contributed by atoms with E-state index in [1.165, 1.54) is 12.1 Å². The van der Waals surface area contributed by atoms with Crippen molar-refractivity contribution in [2.75, 3.05) is 12.3 Å². The number of ether oxygens (including phenoxy) is 1. The SMILES string of the molecule is Nc1cc(CC(=O)N[C@H]2CCCOc3ccccc32)ccc1[N+](=O)[O-]. The molecule has 0 fully saturated rings. The minimum atomic E-state index is -0.540. The zero-order chi connectivity index (χ0) is 17.8. The van der Waals surface area contributed by atoms with E-state index in [0.717, 1.165) is 24.2 Å². The topological polar surface area (TPSA) is 107 Å². The first-order chi connectivity index (χ1) is 12.0. The fourth-order valence-corrected chi connectivity index (χ4v) is 2.99. The van der Waals surface area contributed by atoms with Crippen LogP contribution in [0, 0.1) is 10.1 Å². The van der Waals surface area contributed by atoms with E-state index in [0.29, 0.717) is 12.2 Å². The third-order valence-electron chi connectivity index (χ3n) is 4.18. The van der Waals surface area contributed by atoms with Crippen LogP contribution >= 0.6 is 0 Å². The Balaban J connectivity index is 1.71. The van der Waals surface area contributed by atoms with Crippen molar-refractivity contribution in [3.05, 3.63) is 63.7 Å². The molecule has 1 aliphatic rings. The van der Waals surface area contributed by atoms with Gasteiger partial charge in [-0.2, -0.15) is 0 Å². The Hall–Kier alpha value is -3.09. The van der Waals surface area contributed by atoms with E-state index in [4.69, 9.17) is 10.5 Å². The molecule has 7 heteroatoms. The molecule has 1 heterocycles. The predicted octanol–water partition coefficient (Wildman–Crippen LogP) is 2.75. The standard InChI is InChI=1S/C18H19N3O4/c19-14-10-12(7-8-16(14)21(23)24)11-18(22)20-15-5-3-9-25-17-6-2-1-4-13(15)17/h1-2,4,6-8,10,15H,3,5,9,11,19H2,(H,20,22)/t15-/m0/s1. The molecule has 7 nitrogen and oxygen atoms in total. The lowest BCUT2D eigenvalue weighted by Crippen LogP contribution is -2.29. The number of nitrogens with zero attached hydrogens (tertiary/aromatic N) is 1. The Bertz CT molecular complexity index is 807. The second-order valence-corrected chi connectivity index (χ2v) is 5.98. The van der Waals surface area contributed by atoms with Crippen LogP contribution in [0.2, 0.25) is 0 Å². The van der Waals surface area contributed by atoms with Gasteiger partial charge in [-0.3, -0.25) is 14.9 Å². The molecule has 0 saturated heterocycles. The number of benzene rings is 2. The smallest absolute Gasteiger partial charge is 0.292 e. The molecule has 0 bridgehead atoms. The Labute approximate surface area is 144 Å². The minimum Gasteiger partial charge on any atom is -0.493 e. The number of amides is 1. The van der Waals surface area contributed by atoms with E-state index in [1.54, 1.807) is 6.07 Å². The van der Waals surface area contributed by atoms with Crippen molar-refractivity contribution in [3.8, 4) is 5.75 Å². The van der Waals surface area contributed by atoms with Gasteiger partial charge < -0.3 is 15.8 Å². The maximum Gasteiger partial charge on any atom is 0.292 e. The van der Waals surface area contributed by atoms with E-state index in [2.05, 4.69) is 5.32 Å². The molecule has 2 aromatic rings. The van der Waals surface area contributed by atoms with Gasteiger partial charge in [0.25, 0.3) is 5.69 Å². The monoisotopic (exact) mass is 341 g/mol. The largest absolute Gasteiger partial charge is 0.493 e. The summed E-state index contributed by atoms with van der Waals surface area (Å²) in [4.78, 5) is 22.7. The minimum absolute atomic E-state index is 0.0588. The average Bonchev–Trinajstić information content (AvgIpc) is 2.77. The van der Waals surface area contributed by atoms with Crippen molar-refractivity contribution in [2.45, 2.75) is 25.3 Å². The van der Waals surface area contributed by atoms with E-state index >= 15 is 0 Å². The van der Waals surface area contributed by atoms with Crippen molar-refractivity contribution in [3.63, 3.8) is 0 Å². The van der Waals surface area contributed by atoms with Gasteiger partial charge in [-0.1, -0.05) is 24.3 Å². The molecule has 0 radical (unpaired) electrons. The van der Waals surface area contributed by atoms with Crippen LogP contribution in [-0.2, 0) is 11.2 Å². The van der Waals surface area contributed by atoms with Crippen LogP contribution < -0.4 is 15.8 Å². The number of carbonyl (C=O) groups is 1. The van der Waals surface area contributed by atoms with Crippen LogP contribution in [0.25, 0.3) is 0 Å². The molecular weight excluding hydrogens is 322 g/mol. The van der Waals surface area contributed by atoms with E-state index in [-0.39, 0.29) is 29.7 Å². The van der Waals surface area contributed by atoms with Crippen molar-refractivity contribution >= 4 is 17.3 Å². The first-order valence-electron chi connectivity index (χ1n) is 8.08. The van der Waals surface area contributed by atoms with Crippen molar-refractivity contribution in [2.24, 2.45) is 0 Å². The molecule has 1 amide bonds. The highest BCUT2D eigenvalue weighted by Gasteiger charge is 2.21. The number of rotatable bonds is 4. The normalized spacial score (nSPS) is 16.2. The lowest BCUT2D eigenvalue weighted by atomic mass is 10.0. The molecule has 1 aliphatic heterocycles. The molecule has 3 rings (SSSR count). The maximum absolute atomic E-state index is 12.4. The van der Waals surface area contributed by atoms with E-state index in [1.807, 2.05) is 24.3 Å². The molecule has 0 unspecified atom stereocenters. The fraction of sp³-hybridized carbons (Fsp3) is 0.278. The van der Waals surface area contributed by atoms with Gasteiger partial charge in [0.1, 0.15) is 11.4 Å². The number of nitrogens with two attached hydrogens (primary N) is 1. The molecule has 2 aromatic carbocycles. The van der Waals surface area contributed by atoms with Crippen LogP contribution in [0.4, 0.5) is 11.4 Å². The van der Waals surface area contributed by atoms with E-state index < -0.39 is 4.92 Å². The fourth-order valence-electron chi connectivity index (χ4n) is 2.99. The number of nitrogen functional groups attached to an aromatic ring is 1. The highest BCUT2D eigenvalue weighted by Crippen LogP contribution is 2.31. The van der Waals surface area contributed by atoms with Gasteiger partial charge in [0, 0.05) is 11.6 Å². The van der Waals surface area contributed by atoms with Crippen LogP contribution in [0.1, 0.15) is 30.0 Å². The number of nitro benzene ring substituents is 1. The number of nitrogens with one attached hydrogen (secondary N) is 1. The van der Waals surface area contributed by atoms with Gasteiger partial charge in [-0.05, 0) is 30.5 Å². The lowest BCUT2D eigenvalue weighted by molar-refractivity contribution is -0.383. The van der Waals surface area contributed by atoms with Crippen LogP contribution in [0.5, 0.6) is 5.75 Å². The number of hydrogen-bond acceptors (Lipinski definition) is 5. The van der Waals surface area contributed by atoms with Gasteiger partial charge in [-0.25, -0.2) is 0 Å². The third-order valence-corrected chi connectivity index (χ3v) is 4.18. The summed E-state index contributed by atoms with van der Waals surface area (Å²) in [5.74, 6) is 0.639. The van der Waals surface area contributed by atoms with Gasteiger partial charge >= 0.3 is 0 Å². The molecular formula is C18H19N3O4. The first kappa shape index (κ1) is 16.8. The van der Waals surface area contributed by atoms with E-state index in [9.17, 15) is 14.9 Å². The van der Waals surface area contributed by atoms with Crippen molar-refractivity contribution < 1.29 is 14.5 Å². The summed E-state index contributed by atoms with van der Waals surface area (Å²) in [7, 11) is 0. The molecule has 1 atom stereocenters. The Morgan fingerprint density at radius 2 is 2.12 bits per heavy atom. The highest BCUT2D eigenvalue weighted by atomic mass is 16.6. The number of carbonyl (C=O) groups excluding carboxylic acids is 1. The summed E-state index contributed by atoms with van der Waals surface area (Å²) in [6, 6.07) is 11.9. The summed E-state index contributed by atoms with van der Waals surface area (Å²) < 4.78 is 5.70. The number of fused-ring (bicyclic) bond motifs is 1. The lowest BCUT2D eigenvalue weighted by Gasteiger charge is -2.18. The quantitative estimate of drug-likeness (QED) is 0.505. The number of nitro groups is 1. The maximum atomic E-state index is 12.4. The van der Waals surface area contributed by atoms with Gasteiger partial charge in [0.15, 0.2) is 0 Å². The summed E-state index contributed by atoms with van der Waals surface area (Å²) in [5, 5.41) is 13.8. The van der Waals surface area contributed by atoms with Crippen molar-refractivity contribution in [1.29, 1.82) is 0 Å². The summed E-state index contributed by atoms with van der Waals surface area (Å²) in [5.41, 5.74) is 7.19. The predicted molar refractivity (Wildman–Crippen MR) is 93.3 cm³/mol. The average molecular weight is 341 g/mol. The van der Waals surface area contributed by atoms with Crippen molar-refractivity contribution in [1.82, 2.24) is 5.32 Å². The molecule has 0 aliphatic carbocycles. The van der Waals surface area contributed by atoms with Gasteiger partial charge in [0.2, 0.25) is 5.91 Å². The Kier molecular flexibility index (Phi) is 4.83. The molecule has 0 spiro atoms. The molecule has 25 heavy (non-hydrogen) atoms. The number of hydrogen-bond donors (Lipinski definition) is 2. The van der Waals surface area contributed by atoms with Gasteiger partial charge in [0.05, 0.1) is 24.0 Å². The van der Waals surface area contributed by atoms with Crippen LogP contribution in [0.3, 0.4) is 0 Å². The van der Waals surface area contributed by atoms with Gasteiger partial charge in [-0.15, -0.1) is 0 Å².